The monoisotopic (exact) mass is 278 g/mol. The van der Waals surface area contributed by atoms with Crippen LogP contribution in [0.4, 0.5) is 5.69 Å². The summed E-state index contributed by atoms with van der Waals surface area (Å²) in [7, 11) is 3.11. The second-order valence-corrected chi connectivity index (χ2v) is 4.44. The zero-order valence-corrected chi connectivity index (χ0v) is 11.8. The lowest BCUT2D eigenvalue weighted by atomic mass is 10.2. The number of amides is 2. The summed E-state index contributed by atoms with van der Waals surface area (Å²) in [4.78, 5) is 25.0. The highest BCUT2D eigenvalue weighted by Crippen LogP contribution is 2.30. The van der Waals surface area contributed by atoms with E-state index in [0.717, 1.165) is 0 Å². The Bertz CT molecular complexity index is 530. The van der Waals surface area contributed by atoms with Gasteiger partial charge in [-0.2, -0.15) is 0 Å². The molecule has 0 spiro atoms. The van der Waals surface area contributed by atoms with Gasteiger partial charge in [0.05, 0.1) is 26.3 Å². The fourth-order valence-corrected chi connectivity index (χ4v) is 2.24. The van der Waals surface area contributed by atoms with Gasteiger partial charge in [0.25, 0.3) is 5.91 Å². The van der Waals surface area contributed by atoms with Gasteiger partial charge in [0.1, 0.15) is 17.5 Å². The molecule has 1 aromatic carbocycles. The van der Waals surface area contributed by atoms with Crippen LogP contribution in [0.5, 0.6) is 11.5 Å². The third-order valence-electron chi connectivity index (χ3n) is 3.30. The molecule has 108 valence electrons. The van der Waals surface area contributed by atoms with Gasteiger partial charge in [-0.15, -0.1) is 0 Å². The van der Waals surface area contributed by atoms with Crippen LogP contribution in [-0.4, -0.2) is 43.5 Å². The van der Waals surface area contributed by atoms with Crippen molar-refractivity contribution in [1.82, 2.24) is 4.90 Å². The number of ether oxygens (including phenoxy) is 2. The predicted molar refractivity (Wildman–Crippen MR) is 74.0 cm³/mol. The molecule has 0 radical (unpaired) electrons. The van der Waals surface area contributed by atoms with Crippen molar-refractivity contribution >= 4 is 17.5 Å². The Hall–Kier alpha value is -2.24. The van der Waals surface area contributed by atoms with Gasteiger partial charge in [0, 0.05) is 12.6 Å². The fraction of sp³-hybridized carbons (Fsp3) is 0.429. The van der Waals surface area contributed by atoms with E-state index in [-0.39, 0.29) is 18.2 Å². The van der Waals surface area contributed by atoms with Crippen LogP contribution in [0.3, 0.4) is 0 Å². The summed E-state index contributed by atoms with van der Waals surface area (Å²) < 4.78 is 10.4. The fourth-order valence-electron chi connectivity index (χ4n) is 2.24. The molecule has 1 aliphatic rings. The van der Waals surface area contributed by atoms with Crippen LogP contribution in [0.2, 0.25) is 0 Å². The minimum Gasteiger partial charge on any atom is -0.497 e. The van der Waals surface area contributed by atoms with Crippen molar-refractivity contribution in [2.45, 2.75) is 19.4 Å². The number of imide groups is 1. The number of benzene rings is 1. The molecule has 1 aromatic rings. The van der Waals surface area contributed by atoms with E-state index in [1.165, 1.54) is 4.90 Å². The van der Waals surface area contributed by atoms with Crippen molar-refractivity contribution in [3.8, 4) is 11.5 Å². The topological polar surface area (TPSA) is 67.9 Å². The Morgan fingerprint density at radius 1 is 1.30 bits per heavy atom. The molecule has 0 aromatic heterocycles. The van der Waals surface area contributed by atoms with E-state index in [0.29, 0.717) is 23.7 Å². The molecule has 1 atom stereocenters. The largest absolute Gasteiger partial charge is 0.497 e. The van der Waals surface area contributed by atoms with Crippen molar-refractivity contribution in [3.63, 3.8) is 0 Å². The van der Waals surface area contributed by atoms with Gasteiger partial charge in [-0.05, 0) is 19.1 Å². The van der Waals surface area contributed by atoms with Gasteiger partial charge in [-0.25, -0.2) is 0 Å². The normalized spacial score (nSPS) is 18.4. The first-order chi connectivity index (χ1) is 9.60. The van der Waals surface area contributed by atoms with Gasteiger partial charge in [0.15, 0.2) is 0 Å². The molecular weight excluding hydrogens is 260 g/mol. The second-order valence-electron chi connectivity index (χ2n) is 4.44. The zero-order chi connectivity index (χ0) is 14.7. The summed E-state index contributed by atoms with van der Waals surface area (Å²) in [6, 6.07) is 4.71. The molecule has 0 bridgehead atoms. The maximum absolute atomic E-state index is 12.1. The summed E-state index contributed by atoms with van der Waals surface area (Å²) in [6.45, 7) is 2.18. The first kappa shape index (κ1) is 14.2. The number of likely N-dealkylation sites (N-methyl/N-ethyl adjacent to an activating group) is 1. The molecule has 1 aliphatic heterocycles. The third-order valence-corrected chi connectivity index (χ3v) is 3.30. The van der Waals surface area contributed by atoms with Crippen molar-refractivity contribution < 1.29 is 19.1 Å². The smallest absolute Gasteiger partial charge is 0.252 e. The molecule has 0 saturated carbocycles. The number of hydrogen-bond donors (Lipinski definition) is 1. The highest BCUT2D eigenvalue weighted by molar-refractivity contribution is 6.06. The molecule has 2 amide bonds. The van der Waals surface area contributed by atoms with Crippen molar-refractivity contribution in [2.75, 3.05) is 26.1 Å². The standard InChI is InChI=1S/C14H18N2O4/c1-4-16-13(17)8-11(14(16)18)15-10-7-9(19-2)5-6-12(10)20-3/h5-7,11,15H,4,8H2,1-3H3. The Balaban J connectivity index is 2.22. The minimum absolute atomic E-state index is 0.156. The van der Waals surface area contributed by atoms with E-state index in [2.05, 4.69) is 5.32 Å². The molecule has 1 unspecified atom stereocenters. The summed E-state index contributed by atoms with van der Waals surface area (Å²) in [5, 5.41) is 3.06. The molecule has 2 rings (SSSR count). The number of nitrogens with one attached hydrogen (secondary N) is 1. The van der Waals surface area contributed by atoms with Crippen LogP contribution in [0, 0.1) is 0 Å². The minimum atomic E-state index is -0.552. The van der Waals surface area contributed by atoms with E-state index in [4.69, 9.17) is 9.47 Å². The van der Waals surface area contributed by atoms with Gasteiger partial charge >= 0.3 is 0 Å². The number of carbonyl (C=O) groups is 2. The van der Waals surface area contributed by atoms with E-state index in [1.54, 1.807) is 39.3 Å². The number of carbonyl (C=O) groups excluding carboxylic acids is 2. The van der Waals surface area contributed by atoms with Crippen LogP contribution in [-0.2, 0) is 9.59 Å². The number of likely N-dealkylation sites (tertiary alicyclic amines) is 1. The van der Waals surface area contributed by atoms with Gasteiger partial charge in [0.2, 0.25) is 5.91 Å². The van der Waals surface area contributed by atoms with Crippen LogP contribution in [0.15, 0.2) is 18.2 Å². The molecular formula is C14H18N2O4. The first-order valence-corrected chi connectivity index (χ1v) is 6.43. The first-order valence-electron chi connectivity index (χ1n) is 6.43. The van der Waals surface area contributed by atoms with Crippen molar-refractivity contribution in [2.24, 2.45) is 0 Å². The van der Waals surface area contributed by atoms with Crippen LogP contribution in [0.25, 0.3) is 0 Å². The molecule has 1 saturated heterocycles. The highest BCUT2D eigenvalue weighted by atomic mass is 16.5. The van der Waals surface area contributed by atoms with Gasteiger partial charge < -0.3 is 14.8 Å². The van der Waals surface area contributed by atoms with Crippen molar-refractivity contribution in [1.29, 1.82) is 0 Å². The zero-order valence-electron chi connectivity index (χ0n) is 11.8. The van der Waals surface area contributed by atoms with Gasteiger partial charge in [-0.3, -0.25) is 14.5 Å². The number of anilines is 1. The lowest BCUT2D eigenvalue weighted by molar-refractivity contribution is -0.138. The third kappa shape index (κ3) is 2.54. The van der Waals surface area contributed by atoms with Crippen LogP contribution in [0.1, 0.15) is 13.3 Å². The molecule has 1 heterocycles. The van der Waals surface area contributed by atoms with E-state index in [9.17, 15) is 9.59 Å². The molecule has 20 heavy (non-hydrogen) atoms. The molecule has 6 nitrogen and oxygen atoms in total. The maximum atomic E-state index is 12.1. The average molecular weight is 278 g/mol. The summed E-state index contributed by atoms with van der Waals surface area (Å²) in [5.41, 5.74) is 0.635. The number of nitrogens with zero attached hydrogens (tertiary/aromatic N) is 1. The lowest BCUT2D eigenvalue weighted by Crippen LogP contribution is -2.34. The summed E-state index contributed by atoms with van der Waals surface area (Å²) >= 11 is 0. The average Bonchev–Trinajstić information content (AvgIpc) is 2.72. The lowest BCUT2D eigenvalue weighted by Gasteiger charge is -2.16. The molecule has 1 N–H and O–H groups in total. The number of hydrogen-bond acceptors (Lipinski definition) is 5. The maximum Gasteiger partial charge on any atom is 0.252 e. The Morgan fingerprint density at radius 3 is 2.60 bits per heavy atom. The Morgan fingerprint density at radius 2 is 2.05 bits per heavy atom. The van der Waals surface area contributed by atoms with Gasteiger partial charge in [-0.1, -0.05) is 0 Å². The van der Waals surface area contributed by atoms with Crippen LogP contribution < -0.4 is 14.8 Å². The molecule has 6 heteroatoms. The van der Waals surface area contributed by atoms with Crippen molar-refractivity contribution in [3.05, 3.63) is 18.2 Å². The Kier molecular flexibility index (Phi) is 4.12. The van der Waals surface area contributed by atoms with E-state index >= 15 is 0 Å². The summed E-state index contributed by atoms with van der Waals surface area (Å²) in [6.07, 6.45) is 0.160. The SMILES string of the molecule is CCN1C(=O)CC(Nc2cc(OC)ccc2OC)C1=O. The summed E-state index contributed by atoms with van der Waals surface area (Å²) in [5.74, 6) is 0.887. The Labute approximate surface area is 117 Å². The quantitative estimate of drug-likeness (QED) is 0.821. The predicted octanol–water partition coefficient (Wildman–Crippen LogP) is 1.26. The van der Waals surface area contributed by atoms with Crippen LogP contribution >= 0.6 is 0 Å². The van der Waals surface area contributed by atoms with E-state index < -0.39 is 6.04 Å². The highest BCUT2D eigenvalue weighted by Gasteiger charge is 2.37. The molecule has 0 aliphatic carbocycles. The molecule has 1 fully saturated rings. The second kappa shape index (κ2) is 5.81. The number of rotatable bonds is 5. The number of methoxy groups -OCH3 is 2. The van der Waals surface area contributed by atoms with E-state index in [1.807, 2.05) is 0 Å².